The second-order valence-electron chi connectivity index (χ2n) is 3.91. The summed E-state index contributed by atoms with van der Waals surface area (Å²) in [7, 11) is 1.56. The van der Waals surface area contributed by atoms with Crippen LogP contribution >= 0.6 is 0 Å². The Morgan fingerprint density at radius 1 is 1.21 bits per heavy atom. The highest BCUT2D eigenvalue weighted by atomic mass is 19.1. The standard InChI is InChI=1S/C14H13FN2O2/c1-19-11-5-3-10(4-6-11)17-14(18)12-7-2-9(15)8-13(12)16/h2-8H,16H2,1H3,(H,17,18). The molecule has 0 aliphatic rings. The fraction of sp³-hybridized carbons (Fsp3) is 0.0714. The second kappa shape index (κ2) is 5.39. The molecule has 0 fully saturated rings. The van der Waals surface area contributed by atoms with Crippen LogP contribution in [0.5, 0.6) is 5.75 Å². The average molecular weight is 260 g/mol. The fourth-order valence-corrected chi connectivity index (χ4v) is 1.61. The number of benzene rings is 2. The molecule has 0 aliphatic carbocycles. The van der Waals surface area contributed by atoms with Crippen LogP contribution in [0.2, 0.25) is 0 Å². The summed E-state index contributed by atoms with van der Waals surface area (Å²) in [5.74, 6) is -0.166. The molecule has 98 valence electrons. The molecule has 3 N–H and O–H groups in total. The summed E-state index contributed by atoms with van der Waals surface area (Å²) in [5, 5.41) is 2.67. The van der Waals surface area contributed by atoms with Crippen molar-refractivity contribution in [3.05, 3.63) is 53.8 Å². The molecule has 0 atom stereocenters. The van der Waals surface area contributed by atoms with Gasteiger partial charge in [0.15, 0.2) is 0 Å². The quantitative estimate of drug-likeness (QED) is 0.834. The van der Waals surface area contributed by atoms with Crippen molar-refractivity contribution in [2.75, 3.05) is 18.2 Å². The number of hydrogen-bond acceptors (Lipinski definition) is 3. The molecule has 2 rings (SSSR count). The molecule has 4 nitrogen and oxygen atoms in total. The third kappa shape index (κ3) is 3.01. The Balaban J connectivity index is 2.15. The van der Waals surface area contributed by atoms with E-state index in [4.69, 9.17) is 10.5 Å². The van der Waals surface area contributed by atoms with Gasteiger partial charge >= 0.3 is 0 Å². The van der Waals surface area contributed by atoms with Crippen LogP contribution in [-0.2, 0) is 0 Å². The molecule has 0 saturated carbocycles. The van der Waals surface area contributed by atoms with Crippen molar-refractivity contribution in [3.63, 3.8) is 0 Å². The first-order chi connectivity index (χ1) is 9.10. The molecule has 0 spiro atoms. The van der Waals surface area contributed by atoms with Crippen molar-refractivity contribution in [1.29, 1.82) is 0 Å². The third-order valence-corrected chi connectivity index (χ3v) is 2.61. The summed E-state index contributed by atoms with van der Waals surface area (Å²) in [6.07, 6.45) is 0. The second-order valence-corrected chi connectivity index (χ2v) is 3.91. The number of anilines is 2. The highest BCUT2D eigenvalue weighted by Crippen LogP contribution is 2.18. The van der Waals surface area contributed by atoms with E-state index in [0.717, 1.165) is 6.07 Å². The molecule has 1 amide bonds. The maximum Gasteiger partial charge on any atom is 0.257 e. The van der Waals surface area contributed by atoms with Gasteiger partial charge in [0.1, 0.15) is 11.6 Å². The zero-order chi connectivity index (χ0) is 13.8. The third-order valence-electron chi connectivity index (χ3n) is 2.61. The van der Waals surface area contributed by atoms with E-state index in [0.29, 0.717) is 11.4 Å². The Bertz CT molecular complexity index is 597. The van der Waals surface area contributed by atoms with Crippen LogP contribution in [0.1, 0.15) is 10.4 Å². The lowest BCUT2D eigenvalue weighted by atomic mass is 10.1. The molecule has 0 bridgehead atoms. The van der Waals surface area contributed by atoms with Gasteiger partial charge in [-0.25, -0.2) is 4.39 Å². The van der Waals surface area contributed by atoms with Crippen molar-refractivity contribution in [1.82, 2.24) is 0 Å². The number of ether oxygens (including phenoxy) is 1. The Kier molecular flexibility index (Phi) is 3.66. The van der Waals surface area contributed by atoms with Crippen LogP contribution in [0, 0.1) is 5.82 Å². The number of nitrogens with one attached hydrogen (secondary N) is 1. The van der Waals surface area contributed by atoms with Gasteiger partial charge in [-0.15, -0.1) is 0 Å². The Hall–Kier alpha value is -2.56. The lowest BCUT2D eigenvalue weighted by Crippen LogP contribution is -2.14. The summed E-state index contributed by atoms with van der Waals surface area (Å²) >= 11 is 0. The predicted molar refractivity (Wildman–Crippen MR) is 71.8 cm³/mol. The van der Waals surface area contributed by atoms with E-state index in [2.05, 4.69) is 5.32 Å². The van der Waals surface area contributed by atoms with Crippen LogP contribution in [0.25, 0.3) is 0 Å². The Labute approximate surface area is 110 Å². The number of carbonyl (C=O) groups excluding carboxylic acids is 1. The van der Waals surface area contributed by atoms with Crippen LogP contribution < -0.4 is 15.8 Å². The summed E-state index contributed by atoms with van der Waals surface area (Å²) in [6, 6.07) is 10.5. The van der Waals surface area contributed by atoms with E-state index in [-0.39, 0.29) is 17.2 Å². The normalized spacial score (nSPS) is 10.0. The molecule has 0 radical (unpaired) electrons. The van der Waals surface area contributed by atoms with Gasteiger partial charge in [0.2, 0.25) is 0 Å². The number of rotatable bonds is 3. The smallest absolute Gasteiger partial charge is 0.257 e. The van der Waals surface area contributed by atoms with Gasteiger partial charge in [0.05, 0.1) is 12.7 Å². The van der Waals surface area contributed by atoms with E-state index < -0.39 is 5.82 Å². The topological polar surface area (TPSA) is 64.3 Å². The van der Waals surface area contributed by atoms with Crippen molar-refractivity contribution < 1.29 is 13.9 Å². The first-order valence-electron chi connectivity index (χ1n) is 5.60. The van der Waals surface area contributed by atoms with Crippen molar-refractivity contribution >= 4 is 17.3 Å². The van der Waals surface area contributed by atoms with Gasteiger partial charge in [-0.1, -0.05) is 0 Å². The van der Waals surface area contributed by atoms with Gasteiger partial charge < -0.3 is 15.8 Å². The molecule has 0 aromatic heterocycles. The number of nitrogens with two attached hydrogens (primary N) is 1. The minimum Gasteiger partial charge on any atom is -0.497 e. The lowest BCUT2D eigenvalue weighted by molar-refractivity contribution is 0.102. The minimum atomic E-state index is -0.474. The molecule has 0 saturated heterocycles. The van der Waals surface area contributed by atoms with E-state index >= 15 is 0 Å². The molecule has 5 heteroatoms. The van der Waals surface area contributed by atoms with Crippen molar-refractivity contribution in [3.8, 4) is 5.75 Å². The lowest BCUT2D eigenvalue weighted by Gasteiger charge is -2.08. The predicted octanol–water partition coefficient (Wildman–Crippen LogP) is 2.67. The summed E-state index contributed by atoms with van der Waals surface area (Å²) in [5.41, 5.74) is 6.54. The molecule has 0 heterocycles. The average Bonchev–Trinajstić information content (AvgIpc) is 2.39. The molecular weight excluding hydrogens is 247 g/mol. The number of halogens is 1. The molecular formula is C14H13FN2O2. The zero-order valence-electron chi connectivity index (χ0n) is 10.3. The molecule has 2 aromatic rings. The first kappa shape index (κ1) is 12.9. The monoisotopic (exact) mass is 260 g/mol. The summed E-state index contributed by atoms with van der Waals surface area (Å²) in [4.78, 5) is 12.0. The van der Waals surface area contributed by atoms with Crippen molar-refractivity contribution in [2.24, 2.45) is 0 Å². The largest absolute Gasteiger partial charge is 0.497 e. The fourth-order valence-electron chi connectivity index (χ4n) is 1.61. The molecule has 2 aromatic carbocycles. The van der Waals surface area contributed by atoms with Gasteiger partial charge in [-0.3, -0.25) is 4.79 Å². The van der Waals surface area contributed by atoms with Gasteiger partial charge in [-0.05, 0) is 42.5 Å². The van der Waals surface area contributed by atoms with Gasteiger partial charge in [0.25, 0.3) is 5.91 Å². The minimum absolute atomic E-state index is 0.103. The van der Waals surface area contributed by atoms with E-state index in [1.807, 2.05) is 0 Å². The number of carbonyl (C=O) groups is 1. The van der Waals surface area contributed by atoms with Crippen LogP contribution in [0.15, 0.2) is 42.5 Å². The van der Waals surface area contributed by atoms with Gasteiger partial charge in [-0.2, -0.15) is 0 Å². The van der Waals surface area contributed by atoms with Crippen LogP contribution in [-0.4, -0.2) is 13.0 Å². The van der Waals surface area contributed by atoms with Crippen LogP contribution in [0.4, 0.5) is 15.8 Å². The first-order valence-corrected chi connectivity index (χ1v) is 5.60. The highest BCUT2D eigenvalue weighted by Gasteiger charge is 2.10. The van der Waals surface area contributed by atoms with Crippen molar-refractivity contribution in [2.45, 2.75) is 0 Å². The number of hydrogen-bond donors (Lipinski definition) is 2. The molecule has 0 unspecified atom stereocenters. The van der Waals surface area contributed by atoms with E-state index in [9.17, 15) is 9.18 Å². The SMILES string of the molecule is COc1ccc(NC(=O)c2ccc(F)cc2N)cc1. The summed E-state index contributed by atoms with van der Waals surface area (Å²) in [6.45, 7) is 0. The van der Waals surface area contributed by atoms with E-state index in [1.165, 1.54) is 12.1 Å². The zero-order valence-corrected chi connectivity index (χ0v) is 10.3. The van der Waals surface area contributed by atoms with Gasteiger partial charge in [0, 0.05) is 11.4 Å². The Morgan fingerprint density at radius 3 is 2.47 bits per heavy atom. The molecule has 19 heavy (non-hydrogen) atoms. The maximum atomic E-state index is 12.9. The number of amides is 1. The highest BCUT2D eigenvalue weighted by molar-refractivity contribution is 6.07. The summed E-state index contributed by atoms with van der Waals surface area (Å²) < 4.78 is 17.9. The van der Waals surface area contributed by atoms with Crippen LogP contribution in [0.3, 0.4) is 0 Å². The maximum absolute atomic E-state index is 12.9. The number of nitrogen functional groups attached to an aromatic ring is 1. The Morgan fingerprint density at radius 2 is 1.89 bits per heavy atom. The molecule has 0 aliphatic heterocycles. The van der Waals surface area contributed by atoms with E-state index in [1.54, 1.807) is 31.4 Å². The number of methoxy groups -OCH3 is 1.